The quantitative estimate of drug-likeness (QED) is 0.493. The molecule has 1 saturated heterocycles. The van der Waals surface area contributed by atoms with E-state index in [1.807, 2.05) is 0 Å². The Balaban J connectivity index is 2.23. The molecule has 0 amide bonds. The van der Waals surface area contributed by atoms with Crippen LogP contribution in [-0.2, 0) is 24.1 Å². The molecule has 0 aromatic carbocycles. The Kier molecular flexibility index (Phi) is 4.39. The average Bonchev–Trinajstić information content (AvgIpc) is 2.26. The zero-order valence-corrected chi connectivity index (χ0v) is 8.15. The third-order valence-corrected chi connectivity index (χ3v) is 1.95. The van der Waals surface area contributed by atoms with Gasteiger partial charge in [-0.3, -0.25) is 0 Å². The summed E-state index contributed by atoms with van der Waals surface area (Å²) in [5.74, 6) is -1.18. The van der Waals surface area contributed by atoms with Gasteiger partial charge >= 0.3 is 11.9 Å². The normalized spacial score (nSPS) is 21.4. The summed E-state index contributed by atoms with van der Waals surface area (Å²) in [5, 5.41) is 0. The maximum absolute atomic E-state index is 11.2. The summed E-state index contributed by atoms with van der Waals surface area (Å²) in [6, 6.07) is 0. The van der Waals surface area contributed by atoms with E-state index in [0.717, 1.165) is 12.8 Å². The molecule has 0 aromatic rings. The number of hydrogen-bond acceptors (Lipinski definition) is 5. The molecule has 1 aliphatic rings. The van der Waals surface area contributed by atoms with Crippen LogP contribution in [0.2, 0.25) is 0 Å². The highest BCUT2D eigenvalue weighted by molar-refractivity contribution is 5.76. The Morgan fingerprint density at radius 1 is 1.36 bits per heavy atom. The first-order valence-corrected chi connectivity index (χ1v) is 4.77. The maximum Gasteiger partial charge on any atom is 0.383 e. The number of carbonyl (C=O) groups excluding carboxylic acids is 2. The summed E-state index contributed by atoms with van der Waals surface area (Å²) < 4.78 is 5.14. The predicted molar refractivity (Wildman–Crippen MR) is 46.1 cm³/mol. The van der Waals surface area contributed by atoms with Gasteiger partial charge in [0, 0.05) is 13.0 Å². The predicted octanol–water partition coefficient (Wildman–Crippen LogP) is 0.967. The Hall–Kier alpha value is -1.10. The molecule has 0 bridgehead atoms. The number of rotatable bonds is 2. The molecule has 1 atom stereocenters. The first kappa shape index (κ1) is 11.0. The van der Waals surface area contributed by atoms with Gasteiger partial charge in [0.2, 0.25) is 0 Å². The molecule has 14 heavy (non-hydrogen) atoms. The lowest BCUT2D eigenvalue weighted by molar-refractivity contribution is -0.266. The van der Waals surface area contributed by atoms with E-state index < -0.39 is 18.0 Å². The van der Waals surface area contributed by atoms with Crippen molar-refractivity contribution in [3.63, 3.8) is 0 Å². The fraction of sp³-hybridized carbons (Fsp3) is 0.778. The third kappa shape index (κ3) is 3.33. The minimum Gasteiger partial charge on any atom is -0.366 e. The van der Waals surface area contributed by atoms with E-state index in [0.29, 0.717) is 13.0 Å². The van der Waals surface area contributed by atoms with Crippen LogP contribution in [0.25, 0.3) is 0 Å². The first-order chi connectivity index (χ1) is 6.74. The fourth-order valence-corrected chi connectivity index (χ4v) is 1.13. The summed E-state index contributed by atoms with van der Waals surface area (Å²) in [5.41, 5.74) is 0. The molecule has 80 valence electrons. The highest BCUT2D eigenvalue weighted by Crippen LogP contribution is 2.13. The van der Waals surface area contributed by atoms with Crippen LogP contribution in [-0.4, -0.2) is 24.6 Å². The van der Waals surface area contributed by atoms with Crippen LogP contribution in [0.15, 0.2) is 0 Å². The van der Waals surface area contributed by atoms with Crippen molar-refractivity contribution in [3.8, 4) is 0 Å². The second-order valence-electron chi connectivity index (χ2n) is 3.07. The topological polar surface area (TPSA) is 61.8 Å². The minimum atomic E-state index is -0.619. The summed E-state index contributed by atoms with van der Waals surface area (Å²) in [4.78, 5) is 30.4. The van der Waals surface area contributed by atoms with Crippen molar-refractivity contribution < 1.29 is 24.1 Å². The van der Waals surface area contributed by atoms with Gasteiger partial charge < -0.3 is 4.74 Å². The fourth-order valence-electron chi connectivity index (χ4n) is 1.13. The van der Waals surface area contributed by atoms with Crippen LogP contribution in [0.3, 0.4) is 0 Å². The smallest absolute Gasteiger partial charge is 0.366 e. The molecule has 0 spiro atoms. The van der Waals surface area contributed by atoms with Crippen LogP contribution >= 0.6 is 0 Å². The molecular weight excluding hydrogens is 188 g/mol. The van der Waals surface area contributed by atoms with Crippen molar-refractivity contribution in [1.82, 2.24) is 0 Å². The second-order valence-corrected chi connectivity index (χ2v) is 3.07. The zero-order chi connectivity index (χ0) is 10.4. The van der Waals surface area contributed by atoms with Gasteiger partial charge in [0.1, 0.15) is 0 Å². The molecule has 0 N–H and O–H groups in total. The van der Waals surface area contributed by atoms with Gasteiger partial charge in [-0.15, -0.1) is 0 Å². The van der Waals surface area contributed by atoms with Gasteiger partial charge in [0.25, 0.3) is 0 Å². The van der Waals surface area contributed by atoms with Gasteiger partial charge in [-0.2, -0.15) is 0 Å². The molecule has 1 aliphatic heterocycles. The molecule has 0 aromatic heterocycles. The average molecular weight is 202 g/mol. The lowest BCUT2D eigenvalue weighted by Crippen LogP contribution is -2.30. The van der Waals surface area contributed by atoms with Crippen molar-refractivity contribution in [1.29, 1.82) is 0 Å². The van der Waals surface area contributed by atoms with Crippen molar-refractivity contribution in [2.75, 3.05) is 6.61 Å². The molecule has 0 radical (unpaired) electrons. The SMILES string of the molecule is CCC(=O)OOC(=O)C1CCCCO1. The van der Waals surface area contributed by atoms with Crippen molar-refractivity contribution in [3.05, 3.63) is 0 Å². The van der Waals surface area contributed by atoms with Crippen LogP contribution in [0.1, 0.15) is 32.6 Å². The molecule has 5 heteroatoms. The number of hydrogen-bond donors (Lipinski definition) is 0. The molecule has 0 saturated carbocycles. The maximum atomic E-state index is 11.2. The molecular formula is C9H14O5. The summed E-state index contributed by atoms with van der Waals surface area (Å²) in [7, 11) is 0. The Morgan fingerprint density at radius 2 is 2.14 bits per heavy atom. The second kappa shape index (κ2) is 5.59. The standard InChI is InChI=1S/C9H14O5/c1-2-8(10)13-14-9(11)7-5-3-4-6-12-7/h7H,2-6H2,1H3. The van der Waals surface area contributed by atoms with Gasteiger partial charge in [-0.05, 0) is 19.3 Å². The summed E-state index contributed by atoms with van der Waals surface area (Å²) >= 11 is 0. The van der Waals surface area contributed by atoms with Crippen LogP contribution < -0.4 is 0 Å². The van der Waals surface area contributed by atoms with E-state index >= 15 is 0 Å². The van der Waals surface area contributed by atoms with Crippen LogP contribution in [0.5, 0.6) is 0 Å². The molecule has 1 heterocycles. The van der Waals surface area contributed by atoms with Gasteiger partial charge in [-0.1, -0.05) is 6.92 Å². The zero-order valence-electron chi connectivity index (χ0n) is 8.15. The van der Waals surface area contributed by atoms with Crippen LogP contribution in [0, 0.1) is 0 Å². The minimum absolute atomic E-state index is 0.179. The molecule has 1 fully saturated rings. The van der Waals surface area contributed by atoms with E-state index in [4.69, 9.17) is 4.74 Å². The Labute approximate surface area is 82.2 Å². The molecule has 0 aliphatic carbocycles. The summed E-state index contributed by atoms with van der Waals surface area (Å²) in [6.07, 6.45) is 2.12. The van der Waals surface area contributed by atoms with E-state index in [-0.39, 0.29) is 6.42 Å². The Bertz CT molecular complexity index is 207. The van der Waals surface area contributed by atoms with E-state index in [1.54, 1.807) is 6.92 Å². The highest BCUT2D eigenvalue weighted by atomic mass is 17.2. The first-order valence-electron chi connectivity index (χ1n) is 4.77. The highest BCUT2D eigenvalue weighted by Gasteiger charge is 2.25. The molecule has 1 rings (SSSR count). The van der Waals surface area contributed by atoms with Crippen molar-refractivity contribution >= 4 is 11.9 Å². The van der Waals surface area contributed by atoms with E-state index in [1.165, 1.54) is 0 Å². The molecule has 5 nitrogen and oxygen atoms in total. The monoisotopic (exact) mass is 202 g/mol. The van der Waals surface area contributed by atoms with E-state index in [2.05, 4.69) is 9.78 Å². The van der Waals surface area contributed by atoms with Gasteiger partial charge in [0.05, 0.1) is 0 Å². The van der Waals surface area contributed by atoms with Crippen molar-refractivity contribution in [2.45, 2.75) is 38.7 Å². The van der Waals surface area contributed by atoms with Crippen molar-refractivity contribution in [2.24, 2.45) is 0 Å². The lowest BCUT2D eigenvalue weighted by atomic mass is 10.1. The van der Waals surface area contributed by atoms with Gasteiger partial charge in [-0.25, -0.2) is 19.4 Å². The molecule has 1 unspecified atom stereocenters. The summed E-state index contributed by atoms with van der Waals surface area (Å²) in [6.45, 7) is 2.18. The van der Waals surface area contributed by atoms with Gasteiger partial charge in [0.15, 0.2) is 6.10 Å². The Morgan fingerprint density at radius 3 is 2.71 bits per heavy atom. The lowest BCUT2D eigenvalue weighted by Gasteiger charge is -2.19. The largest absolute Gasteiger partial charge is 0.383 e. The van der Waals surface area contributed by atoms with E-state index in [9.17, 15) is 9.59 Å². The van der Waals surface area contributed by atoms with Crippen LogP contribution in [0.4, 0.5) is 0 Å². The third-order valence-electron chi connectivity index (χ3n) is 1.95. The number of ether oxygens (including phenoxy) is 1. The number of carbonyl (C=O) groups is 2.